The number of hydrogen-bond donors (Lipinski definition) is 1. The van der Waals surface area contributed by atoms with E-state index in [1.165, 1.54) is 0 Å². The molecule has 2 aromatic carbocycles. The van der Waals surface area contributed by atoms with Gasteiger partial charge in [-0.3, -0.25) is 9.78 Å². The first-order valence-corrected chi connectivity index (χ1v) is 9.31. The van der Waals surface area contributed by atoms with Crippen molar-refractivity contribution in [3.63, 3.8) is 0 Å². The second kappa shape index (κ2) is 8.06. The first-order chi connectivity index (χ1) is 14.1. The number of carbonyl (C=O) groups excluding carboxylic acids is 1. The Morgan fingerprint density at radius 1 is 0.931 bits per heavy atom. The number of aromatic nitrogens is 3. The lowest BCUT2D eigenvalue weighted by Gasteiger charge is -2.14. The van der Waals surface area contributed by atoms with Crippen LogP contribution in [0.25, 0.3) is 22.3 Å². The van der Waals surface area contributed by atoms with Crippen LogP contribution in [-0.4, -0.2) is 27.0 Å². The zero-order chi connectivity index (χ0) is 20.2. The molecule has 6 nitrogen and oxygen atoms in total. The van der Waals surface area contributed by atoms with Gasteiger partial charge in [0.2, 0.25) is 0 Å². The summed E-state index contributed by atoms with van der Waals surface area (Å²) in [6.45, 7) is 3.64. The summed E-state index contributed by atoms with van der Waals surface area (Å²) in [5.74, 6) is 0.842. The van der Waals surface area contributed by atoms with Crippen LogP contribution in [0.15, 0.2) is 73.1 Å². The molecule has 1 N–H and O–H groups in total. The average molecular weight is 384 g/mol. The topological polar surface area (TPSA) is 77.0 Å². The molecule has 6 heteroatoms. The number of nitrogens with zero attached hydrogens (tertiary/aromatic N) is 3. The van der Waals surface area contributed by atoms with E-state index in [9.17, 15) is 4.79 Å². The zero-order valence-electron chi connectivity index (χ0n) is 16.2. The summed E-state index contributed by atoms with van der Waals surface area (Å²) in [4.78, 5) is 25.6. The van der Waals surface area contributed by atoms with E-state index >= 15 is 0 Å². The van der Waals surface area contributed by atoms with E-state index in [-0.39, 0.29) is 5.91 Å². The van der Waals surface area contributed by atoms with Crippen molar-refractivity contribution >= 4 is 22.8 Å². The molecule has 0 aliphatic heterocycles. The molecule has 2 heterocycles. The van der Waals surface area contributed by atoms with Gasteiger partial charge in [0.05, 0.1) is 22.9 Å². The maximum Gasteiger partial charge on any atom is 0.266 e. The number of pyridine rings is 1. The average Bonchev–Trinajstić information content (AvgIpc) is 2.75. The highest BCUT2D eigenvalue weighted by atomic mass is 16.5. The Kier molecular flexibility index (Phi) is 5.16. The SMILES string of the molecule is Cc1ccc(NC(=O)[C@@H](C)Oc2ccc(-c3cnc4ccccc4n3)cc2)nc1. The molecule has 1 amide bonds. The van der Waals surface area contributed by atoms with Gasteiger partial charge in [-0.2, -0.15) is 0 Å². The maximum absolute atomic E-state index is 12.3. The number of carbonyl (C=O) groups is 1. The Morgan fingerprint density at radius 3 is 2.41 bits per heavy atom. The number of amides is 1. The monoisotopic (exact) mass is 384 g/mol. The van der Waals surface area contributed by atoms with Crippen molar-refractivity contribution in [2.75, 3.05) is 5.32 Å². The molecular weight excluding hydrogens is 364 g/mol. The minimum Gasteiger partial charge on any atom is -0.481 e. The molecule has 29 heavy (non-hydrogen) atoms. The lowest BCUT2D eigenvalue weighted by Crippen LogP contribution is -2.30. The van der Waals surface area contributed by atoms with Gasteiger partial charge >= 0.3 is 0 Å². The number of para-hydroxylation sites is 2. The summed E-state index contributed by atoms with van der Waals surface area (Å²) >= 11 is 0. The van der Waals surface area contributed by atoms with Crippen LogP contribution in [0.1, 0.15) is 12.5 Å². The van der Waals surface area contributed by atoms with Gasteiger partial charge in [-0.1, -0.05) is 18.2 Å². The highest BCUT2D eigenvalue weighted by Crippen LogP contribution is 2.22. The molecule has 0 aliphatic rings. The molecule has 0 radical (unpaired) electrons. The first-order valence-electron chi connectivity index (χ1n) is 9.31. The summed E-state index contributed by atoms with van der Waals surface area (Å²) in [6.07, 6.45) is 2.79. The fourth-order valence-corrected chi connectivity index (χ4v) is 2.83. The Morgan fingerprint density at radius 2 is 1.69 bits per heavy atom. The fraction of sp³-hybridized carbons (Fsp3) is 0.130. The van der Waals surface area contributed by atoms with Gasteiger partial charge in [0.1, 0.15) is 11.6 Å². The standard InChI is InChI=1S/C23H20N4O2/c1-15-7-12-22(25-13-15)27-23(28)16(2)29-18-10-8-17(9-11-18)21-14-24-19-5-3-4-6-20(19)26-21/h3-14,16H,1-2H3,(H,25,27,28)/t16-/m1/s1. The van der Waals surface area contributed by atoms with Gasteiger partial charge in [-0.25, -0.2) is 9.97 Å². The Hall–Kier alpha value is -3.80. The molecule has 0 saturated heterocycles. The minimum absolute atomic E-state index is 0.258. The molecule has 0 bridgehead atoms. The number of nitrogens with one attached hydrogen (secondary N) is 1. The summed E-state index contributed by atoms with van der Waals surface area (Å²) < 4.78 is 5.76. The molecule has 4 aromatic rings. The summed E-state index contributed by atoms with van der Waals surface area (Å²) in [5.41, 5.74) is 4.45. The van der Waals surface area contributed by atoms with Gasteiger partial charge in [0.15, 0.2) is 6.10 Å². The molecule has 0 unspecified atom stereocenters. The predicted molar refractivity (Wildman–Crippen MR) is 113 cm³/mol. The smallest absolute Gasteiger partial charge is 0.266 e. The summed E-state index contributed by atoms with van der Waals surface area (Å²) in [7, 11) is 0. The lowest BCUT2D eigenvalue weighted by molar-refractivity contribution is -0.122. The van der Waals surface area contributed by atoms with Crippen molar-refractivity contribution in [3.8, 4) is 17.0 Å². The van der Waals surface area contributed by atoms with Crippen molar-refractivity contribution in [2.24, 2.45) is 0 Å². The second-order valence-corrected chi connectivity index (χ2v) is 6.74. The van der Waals surface area contributed by atoms with E-state index in [4.69, 9.17) is 4.74 Å². The maximum atomic E-state index is 12.3. The Labute approximate surface area is 168 Å². The van der Waals surface area contributed by atoms with Crippen molar-refractivity contribution in [1.82, 2.24) is 15.0 Å². The molecule has 4 rings (SSSR count). The Bertz CT molecular complexity index is 1140. The molecule has 2 aromatic heterocycles. The third-order valence-corrected chi connectivity index (χ3v) is 4.44. The van der Waals surface area contributed by atoms with Crippen LogP contribution in [0.5, 0.6) is 5.75 Å². The van der Waals surface area contributed by atoms with Crippen molar-refractivity contribution in [2.45, 2.75) is 20.0 Å². The number of hydrogen-bond acceptors (Lipinski definition) is 5. The molecule has 1 atom stereocenters. The van der Waals surface area contributed by atoms with E-state index < -0.39 is 6.10 Å². The van der Waals surface area contributed by atoms with Crippen molar-refractivity contribution in [1.29, 1.82) is 0 Å². The van der Waals surface area contributed by atoms with E-state index in [0.717, 1.165) is 27.9 Å². The van der Waals surface area contributed by atoms with E-state index in [2.05, 4.69) is 20.3 Å². The number of aryl methyl sites for hydroxylation is 1. The number of ether oxygens (including phenoxy) is 1. The molecule has 144 valence electrons. The fourth-order valence-electron chi connectivity index (χ4n) is 2.83. The van der Waals surface area contributed by atoms with Crippen LogP contribution < -0.4 is 10.1 Å². The van der Waals surface area contributed by atoms with E-state index in [1.54, 1.807) is 25.4 Å². The highest BCUT2D eigenvalue weighted by Gasteiger charge is 2.15. The second-order valence-electron chi connectivity index (χ2n) is 6.74. The number of rotatable bonds is 5. The first kappa shape index (κ1) is 18.6. The van der Waals surface area contributed by atoms with Gasteiger partial charge in [-0.05, 0) is 61.9 Å². The normalized spacial score (nSPS) is 11.8. The van der Waals surface area contributed by atoms with E-state index in [1.807, 2.05) is 61.5 Å². The van der Waals surface area contributed by atoms with Crippen LogP contribution in [0.2, 0.25) is 0 Å². The van der Waals surface area contributed by atoms with Gasteiger partial charge < -0.3 is 10.1 Å². The van der Waals surface area contributed by atoms with Crippen LogP contribution in [0.4, 0.5) is 5.82 Å². The van der Waals surface area contributed by atoms with Crippen LogP contribution >= 0.6 is 0 Å². The number of anilines is 1. The van der Waals surface area contributed by atoms with Crippen molar-refractivity contribution < 1.29 is 9.53 Å². The summed E-state index contributed by atoms with van der Waals surface area (Å²) in [6, 6.07) is 18.8. The highest BCUT2D eigenvalue weighted by molar-refractivity contribution is 5.93. The van der Waals surface area contributed by atoms with Crippen LogP contribution in [0.3, 0.4) is 0 Å². The third kappa shape index (κ3) is 4.38. The molecule has 0 saturated carbocycles. The molecule has 0 spiro atoms. The molecular formula is C23H20N4O2. The minimum atomic E-state index is -0.663. The van der Waals surface area contributed by atoms with E-state index in [0.29, 0.717) is 11.6 Å². The molecule has 0 fully saturated rings. The summed E-state index contributed by atoms with van der Waals surface area (Å²) in [5, 5.41) is 2.75. The number of benzene rings is 2. The number of fused-ring (bicyclic) bond motifs is 1. The van der Waals surface area contributed by atoms with Crippen LogP contribution in [0, 0.1) is 6.92 Å². The van der Waals surface area contributed by atoms with Crippen molar-refractivity contribution in [3.05, 3.63) is 78.6 Å². The van der Waals surface area contributed by atoms with Gasteiger partial charge in [-0.15, -0.1) is 0 Å². The van der Waals surface area contributed by atoms with Gasteiger partial charge in [0, 0.05) is 11.8 Å². The largest absolute Gasteiger partial charge is 0.481 e. The zero-order valence-corrected chi connectivity index (χ0v) is 16.2. The third-order valence-electron chi connectivity index (χ3n) is 4.44. The quantitative estimate of drug-likeness (QED) is 0.552. The van der Waals surface area contributed by atoms with Crippen LogP contribution in [-0.2, 0) is 4.79 Å². The molecule has 0 aliphatic carbocycles. The predicted octanol–water partition coefficient (Wildman–Crippen LogP) is 4.41. The van der Waals surface area contributed by atoms with Gasteiger partial charge in [0.25, 0.3) is 5.91 Å². The lowest BCUT2D eigenvalue weighted by atomic mass is 10.1. The Balaban J connectivity index is 1.43.